The molecule has 0 fully saturated rings. The zero-order valence-corrected chi connectivity index (χ0v) is 26.0. The minimum absolute atomic E-state index is 0.299. The van der Waals surface area contributed by atoms with Crippen molar-refractivity contribution < 1.29 is 38.7 Å². The zero-order chi connectivity index (χ0) is 33.0. The number of rotatable bonds is 16. The van der Waals surface area contributed by atoms with Crippen LogP contribution in [0.15, 0.2) is 97.1 Å². The van der Waals surface area contributed by atoms with Crippen molar-refractivity contribution in [2.24, 2.45) is 0 Å². The average molecular weight is 623 g/mol. The molecule has 8 nitrogen and oxygen atoms in total. The van der Waals surface area contributed by atoms with Crippen molar-refractivity contribution in [3.05, 3.63) is 119 Å². The first-order chi connectivity index (χ1) is 22.4. The summed E-state index contributed by atoms with van der Waals surface area (Å²) in [5.74, 6) is 11.6. The fraction of sp³-hybridized carbons (Fsp3) is 0.263. The molecular formula is C38H38O8. The average Bonchev–Trinajstić information content (AvgIpc) is 3.05. The minimum atomic E-state index is -0.972. The lowest BCUT2D eigenvalue weighted by molar-refractivity contribution is -0.150. The first kappa shape index (κ1) is 35.2. The van der Waals surface area contributed by atoms with E-state index in [1.165, 1.54) is 0 Å². The highest BCUT2D eigenvalue weighted by Gasteiger charge is 2.18. The third kappa shape index (κ3) is 13.2. The molecule has 0 bridgehead atoms. The Kier molecular flexibility index (Phi) is 15.2. The zero-order valence-electron chi connectivity index (χ0n) is 26.0. The van der Waals surface area contributed by atoms with E-state index in [0.29, 0.717) is 50.8 Å². The Bertz CT molecular complexity index is 1440. The highest BCUT2D eigenvalue weighted by Crippen LogP contribution is 2.16. The smallest absolute Gasteiger partial charge is 0.333 e. The summed E-state index contributed by atoms with van der Waals surface area (Å²) < 4.78 is 21.9. The summed E-state index contributed by atoms with van der Waals surface area (Å²) in [4.78, 5) is 22.5. The summed E-state index contributed by atoms with van der Waals surface area (Å²) >= 11 is 0. The third-order valence-electron chi connectivity index (χ3n) is 6.39. The monoisotopic (exact) mass is 622 g/mol. The number of hydrogen-bond acceptors (Lipinski definition) is 6. The van der Waals surface area contributed by atoms with Crippen LogP contribution >= 0.6 is 0 Å². The fourth-order valence-corrected chi connectivity index (χ4v) is 4.10. The summed E-state index contributed by atoms with van der Waals surface area (Å²) in [5, 5.41) is 18.4. The second-order valence-electron chi connectivity index (χ2n) is 9.80. The van der Waals surface area contributed by atoms with Gasteiger partial charge >= 0.3 is 11.9 Å². The molecule has 0 saturated carbocycles. The molecule has 0 aromatic heterocycles. The molecule has 0 aliphatic rings. The number of ether oxygens (including phenoxy) is 4. The standard InChI is InChI=1S/C38H38O8/c1-3-43-35(37(39)40)27-31-17-21-33(22-18-31)45-25-9-5-7-11-29-13-15-30(16-14-29)12-8-6-10-26-46-34-23-19-32(20-24-34)28-36(38(41)42)44-4-2/h5-6,9-10,13-24,35-36H,3-4,25-28H2,1-2H3,(H,39,40)(H,41,42)/b9-5+,10-6+/t35-,36+. The van der Waals surface area contributed by atoms with E-state index in [2.05, 4.69) is 23.7 Å². The molecule has 0 radical (unpaired) electrons. The number of hydrogen-bond donors (Lipinski definition) is 2. The summed E-state index contributed by atoms with van der Waals surface area (Å²) in [6.07, 6.45) is 6.00. The predicted molar refractivity (Wildman–Crippen MR) is 176 cm³/mol. The molecule has 0 spiro atoms. The van der Waals surface area contributed by atoms with Gasteiger partial charge in [0, 0.05) is 37.2 Å². The van der Waals surface area contributed by atoms with E-state index in [1.54, 1.807) is 50.3 Å². The number of allylic oxidation sites excluding steroid dienone is 2. The number of aliphatic carboxylic acids is 2. The van der Waals surface area contributed by atoms with Crippen molar-refractivity contribution in [3.63, 3.8) is 0 Å². The number of carboxylic acid groups (broad SMARTS) is 2. The second kappa shape index (κ2) is 19.9. The van der Waals surface area contributed by atoms with Crippen molar-refractivity contribution in [2.45, 2.75) is 38.9 Å². The Morgan fingerprint density at radius 1 is 0.630 bits per heavy atom. The van der Waals surface area contributed by atoms with Crippen LogP contribution in [-0.4, -0.2) is 60.8 Å². The van der Waals surface area contributed by atoms with E-state index in [9.17, 15) is 19.8 Å². The lowest BCUT2D eigenvalue weighted by Crippen LogP contribution is -2.26. The van der Waals surface area contributed by atoms with Crippen molar-refractivity contribution in [1.29, 1.82) is 0 Å². The molecule has 0 aliphatic carbocycles. The maximum atomic E-state index is 11.3. The van der Waals surface area contributed by atoms with Crippen molar-refractivity contribution in [1.82, 2.24) is 0 Å². The van der Waals surface area contributed by atoms with Gasteiger partial charge < -0.3 is 29.2 Å². The Morgan fingerprint density at radius 2 is 1.00 bits per heavy atom. The Balaban J connectivity index is 1.36. The van der Waals surface area contributed by atoms with Gasteiger partial charge in [-0.05, 0) is 97.8 Å². The molecule has 3 rings (SSSR count). The van der Waals surface area contributed by atoms with Crippen LogP contribution in [0.2, 0.25) is 0 Å². The van der Waals surface area contributed by atoms with Gasteiger partial charge in [-0.25, -0.2) is 9.59 Å². The van der Waals surface area contributed by atoms with Gasteiger partial charge in [0.05, 0.1) is 0 Å². The lowest BCUT2D eigenvalue weighted by atomic mass is 10.1. The summed E-state index contributed by atoms with van der Waals surface area (Å²) in [5.41, 5.74) is 3.46. The first-order valence-electron chi connectivity index (χ1n) is 14.9. The topological polar surface area (TPSA) is 112 Å². The van der Waals surface area contributed by atoms with Gasteiger partial charge in [-0.3, -0.25) is 0 Å². The highest BCUT2D eigenvalue weighted by molar-refractivity contribution is 5.73. The third-order valence-corrected chi connectivity index (χ3v) is 6.39. The Hall–Kier alpha value is -5.28. The van der Waals surface area contributed by atoms with Gasteiger partial charge in [0.1, 0.15) is 24.7 Å². The van der Waals surface area contributed by atoms with Crippen LogP contribution in [0.3, 0.4) is 0 Å². The molecule has 3 aromatic rings. The van der Waals surface area contributed by atoms with E-state index < -0.39 is 24.1 Å². The second-order valence-corrected chi connectivity index (χ2v) is 9.80. The van der Waals surface area contributed by atoms with E-state index in [-0.39, 0.29) is 0 Å². The van der Waals surface area contributed by atoms with E-state index in [0.717, 1.165) is 22.3 Å². The SMILES string of the molecule is CCO[C@@H](Cc1ccc(OC/C=C/C#Cc2ccc(C#C/C=C/COc3ccc(C[C@@H](OCC)C(=O)O)cc3)cc2)cc1)C(=O)O. The molecule has 0 heterocycles. The van der Waals surface area contributed by atoms with Gasteiger partial charge in [-0.15, -0.1) is 0 Å². The lowest BCUT2D eigenvalue weighted by Gasteiger charge is -2.12. The molecule has 2 N–H and O–H groups in total. The van der Waals surface area contributed by atoms with Crippen LogP contribution in [0, 0.1) is 23.7 Å². The molecule has 0 saturated heterocycles. The van der Waals surface area contributed by atoms with Gasteiger partial charge in [0.15, 0.2) is 12.2 Å². The molecule has 2 atom stereocenters. The van der Waals surface area contributed by atoms with Gasteiger partial charge in [-0.2, -0.15) is 0 Å². The molecule has 46 heavy (non-hydrogen) atoms. The van der Waals surface area contributed by atoms with Crippen molar-refractivity contribution in [2.75, 3.05) is 26.4 Å². The summed E-state index contributed by atoms with van der Waals surface area (Å²) in [6, 6.07) is 22.2. The number of carbonyl (C=O) groups is 2. The van der Waals surface area contributed by atoms with Gasteiger partial charge in [-0.1, -0.05) is 47.9 Å². The fourth-order valence-electron chi connectivity index (χ4n) is 4.10. The Labute approximate surface area is 270 Å². The normalized spacial score (nSPS) is 12.0. The van der Waals surface area contributed by atoms with E-state index in [1.807, 2.05) is 60.7 Å². The van der Waals surface area contributed by atoms with Crippen LogP contribution in [0.4, 0.5) is 0 Å². The minimum Gasteiger partial charge on any atom is -0.490 e. The maximum Gasteiger partial charge on any atom is 0.333 e. The molecule has 238 valence electrons. The molecule has 0 amide bonds. The molecule has 0 aliphatic heterocycles. The quantitative estimate of drug-likeness (QED) is 0.195. The van der Waals surface area contributed by atoms with Crippen LogP contribution in [0.1, 0.15) is 36.1 Å². The highest BCUT2D eigenvalue weighted by atomic mass is 16.5. The van der Waals surface area contributed by atoms with Crippen LogP contribution < -0.4 is 9.47 Å². The molecule has 3 aromatic carbocycles. The van der Waals surface area contributed by atoms with Crippen LogP contribution in [-0.2, 0) is 31.9 Å². The number of benzene rings is 3. The number of carboxylic acids is 2. The van der Waals surface area contributed by atoms with Gasteiger partial charge in [0.25, 0.3) is 0 Å². The van der Waals surface area contributed by atoms with Crippen LogP contribution in [0.5, 0.6) is 11.5 Å². The molecular weight excluding hydrogens is 584 g/mol. The van der Waals surface area contributed by atoms with E-state index >= 15 is 0 Å². The first-order valence-corrected chi connectivity index (χ1v) is 14.9. The van der Waals surface area contributed by atoms with Gasteiger partial charge in [0.2, 0.25) is 0 Å². The van der Waals surface area contributed by atoms with Crippen molar-refractivity contribution >= 4 is 11.9 Å². The Morgan fingerprint density at radius 3 is 1.33 bits per heavy atom. The summed E-state index contributed by atoms with van der Waals surface area (Å²) in [7, 11) is 0. The van der Waals surface area contributed by atoms with Crippen LogP contribution in [0.25, 0.3) is 0 Å². The largest absolute Gasteiger partial charge is 0.490 e. The summed E-state index contributed by atoms with van der Waals surface area (Å²) in [6.45, 7) is 4.95. The molecule has 8 heteroatoms. The van der Waals surface area contributed by atoms with E-state index in [4.69, 9.17) is 18.9 Å². The predicted octanol–water partition coefficient (Wildman–Crippen LogP) is 5.72. The maximum absolute atomic E-state index is 11.3. The molecule has 0 unspecified atom stereocenters. The van der Waals surface area contributed by atoms with Crippen molar-refractivity contribution in [3.8, 4) is 35.2 Å².